The van der Waals surface area contributed by atoms with Gasteiger partial charge in [0.2, 0.25) is 10.0 Å². The van der Waals surface area contributed by atoms with Crippen molar-refractivity contribution >= 4 is 21.4 Å². The summed E-state index contributed by atoms with van der Waals surface area (Å²) in [6.45, 7) is 1.68. The predicted octanol–water partition coefficient (Wildman–Crippen LogP) is 1.70. The van der Waals surface area contributed by atoms with Crippen molar-refractivity contribution in [1.29, 1.82) is 0 Å². The number of benzene rings is 1. The second-order valence-electron chi connectivity index (χ2n) is 3.27. The Morgan fingerprint density at radius 1 is 1.31 bits per heavy atom. The van der Waals surface area contributed by atoms with Gasteiger partial charge in [-0.15, -0.1) is 0 Å². The van der Waals surface area contributed by atoms with Gasteiger partial charge < -0.3 is 5.73 Å². The highest BCUT2D eigenvalue weighted by atomic mass is 32.2. The van der Waals surface area contributed by atoms with Crippen LogP contribution in [0.5, 0.6) is 0 Å². The van der Waals surface area contributed by atoms with Crippen LogP contribution in [-0.2, 0) is 10.0 Å². The second-order valence-corrected chi connectivity index (χ2v) is 5.12. The Hall–Kier alpha value is -1.37. The van der Waals surface area contributed by atoms with Gasteiger partial charge in [-0.25, -0.2) is 17.2 Å². The van der Waals surface area contributed by atoms with E-state index in [4.69, 9.17) is 5.73 Å². The lowest BCUT2D eigenvalue weighted by Gasteiger charge is -2.09. The lowest BCUT2D eigenvalue weighted by Crippen LogP contribution is -2.17. The molecule has 0 heterocycles. The molecule has 7 heteroatoms. The van der Waals surface area contributed by atoms with Crippen molar-refractivity contribution in [3.05, 3.63) is 23.8 Å². The van der Waals surface area contributed by atoms with Gasteiger partial charge in [0.05, 0.1) is 17.1 Å². The van der Waals surface area contributed by atoms with E-state index in [2.05, 4.69) is 0 Å². The molecule has 3 N–H and O–H groups in total. The van der Waals surface area contributed by atoms with Crippen LogP contribution in [0.4, 0.5) is 20.2 Å². The number of sulfonamides is 1. The van der Waals surface area contributed by atoms with Gasteiger partial charge in [0.25, 0.3) is 0 Å². The Labute approximate surface area is 92.5 Å². The Morgan fingerprint density at radius 3 is 2.50 bits per heavy atom. The number of hydrogen-bond acceptors (Lipinski definition) is 3. The summed E-state index contributed by atoms with van der Waals surface area (Å²) in [4.78, 5) is 0. The number of hydrogen-bond donors (Lipinski definition) is 2. The average molecular weight is 250 g/mol. The largest absolute Gasteiger partial charge is 0.396 e. The van der Waals surface area contributed by atoms with Gasteiger partial charge in [0.1, 0.15) is 11.6 Å². The van der Waals surface area contributed by atoms with Crippen molar-refractivity contribution < 1.29 is 17.2 Å². The number of nitrogens with one attached hydrogen (secondary N) is 1. The number of nitrogen functional groups attached to an aromatic ring is 1. The highest BCUT2D eigenvalue weighted by Gasteiger charge is 2.14. The van der Waals surface area contributed by atoms with Crippen molar-refractivity contribution in [3.8, 4) is 0 Å². The molecule has 0 aromatic heterocycles. The van der Waals surface area contributed by atoms with Crippen LogP contribution < -0.4 is 10.5 Å². The third kappa shape index (κ3) is 3.06. The summed E-state index contributed by atoms with van der Waals surface area (Å²) in [6.07, 6.45) is 0.396. The Morgan fingerprint density at radius 2 is 1.94 bits per heavy atom. The van der Waals surface area contributed by atoms with Gasteiger partial charge in [-0.3, -0.25) is 4.72 Å². The fourth-order valence-electron chi connectivity index (χ4n) is 1.13. The first-order chi connectivity index (χ1) is 7.35. The van der Waals surface area contributed by atoms with Gasteiger partial charge in [-0.05, 0) is 12.5 Å². The van der Waals surface area contributed by atoms with Crippen molar-refractivity contribution in [2.45, 2.75) is 13.3 Å². The second kappa shape index (κ2) is 4.65. The summed E-state index contributed by atoms with van der Waals surface area (Å²) in [6, 6.07) is 1.46. The van der Waals surface area contributed by atoms with Crippen LogP contribution in [0.1, 0.15) is 13.3 Å². The van der Waals surface area contributed by atoms with Gasteiger partial charge in [0.15, 0.2) is 0 Å². The molecule has 1 aromatic rings. The highest BCUT2D eigenvalue weighted by Crippen LogP contribution is 2.22. The molecule has 4 nitrogen and oxygen atoms in total. The number of nitrogens with two attached hydrogens (primary N) is 1. The Balaban J connectivity index is 3.03. The van der Waals surface area contributed by atoms with Crippen molar-refractivity contribution in [2.75, 3.05) is 16.2 Å². The molecule has 0 aliphatic rings. The smallest absolute Gasteiger partial charge is 0.232 e. The lowest BCUT2D eigenvalue weighted by molar-refractivity contribution is 0.585. The standard InChI is InChI=1S/C9H12F2N2O2S/c1-2-3-16(14,15)13-9-5-8(12)6(10)4-7(9)11/h4-5,13H,2-3,12H2,1H3. The minimum atomic E-state index is -3.60. The summed E-state index contributed by atoms with van der Waals surface area (Å²) in [5, 5.41) is 0. The minimum absolute atomic E-state index is 0.135. The summed E-state index contributed by atoms with van der Waals surface area (Å²) in [5.74, 6) is -2.05. The zero-order chi connectivity index (χ0) is 12.3. The topological polar surface area (TPSA) is 72.2 Å². The maximum Gasteiger partial charge on any atom is 0.232 e. The number of halogens is 2. The Bertz CT molecular complexity index is 489. The molecule has 0 saturated heterocycles. The van der Waals surface area contributed by atoms with Crippen molar-refractivity contribution in [1.82, 2.24) is 0 Å². The summed E-state index contributed by atoms with van der Waals surface area (Å²) >= 11 is 0. The molecule has 0 amide bonds. The zero-order valence-corrected chi connectivity index (χ0v) is 9.44. The average Bonchev–Trinajstić information content (AvgIpc) is 2.13. The molecule has 0 spiro atoms. The van der Waals surface area contributed by atoms with Crippen molar-refractivity contribution in [2.24, 2.45) is 0 Å². The maximum atomic E-state index is 13.2. The zero-order valence-electron chi connectivity index (χ0n) is 8.63. The van der Waals surface area contributed by atoms with E-state index < -0.39 is 21.7 Å². The number of rotatable bonds is 4. The van der Waals surface area contributed by atoms with Crippen LogP contribution in [-0.4, -0.2) is 14.2 Å². The molecule has 0 bridgehead atoms. The summed E-state index contributed by atoms with van der Waals surface area (Å²) < 4.78 is 50.7. The third-order valence-corrected chi connectivity index (χ3v) is 3.30. The van der Waals surface area contributed by atoms with Crippen LogP contribution >= 0.6 is 0 Å². The van der Waals surface area contributed by atoms with Crippen LogP contribution in [0.25, 0.3) is 0 Å². The molecule has 0 radical (unpaired) electrons. The first-order valence-electron chi connectivity index (χ1n) is 4.60. The van der Waals surface area contributed by atoms with Gasteiger partial charge in [-0.1, -0.05) is 6.92 Å². The van der Waals surface area contributed by atoms with E-state index in [-0.39, 0.29) is 17.1 Å². The van der Waals surface area contributed by atoms with E-state index in [0.717, 1.165) is 6.07 Å². The van der Waals surface area contributed by atoms with Crippen LogP contribution in [0.3, 0.4) is 0 Å². The molecule has 0 unspecified atom stereocenters. The quantitative estimate of drug-likeness (QED) is 0.799. The molecule has 0 atom stereocenters. The molecule has 0 aliphatic carbocycles. The predicted molar refractivity (Wildman–Crippen MR) is 58.5 cm³/mol. The van der Waals surface area contributed by atoms with E-state index in [9.17, 15) is 17.2 Å². The normalized spacial score (nSPS) is 11.4. The molecule has 0 fully saturated rings. The molecule has 1 rings (SSSR count). The van der Waals surface area contributed by atoms with E-state index in [0.29, 0.717) is 12.5 Å². The minimum Gasteiger partial charge on any atom is -0.396 e. The van der Waals surface area contributed by atoms with Crippen molar-refractivity contribution in [3.63, 3.8) is 0 Å². The van der Waals surface area contributed by atoms with Gasteiger partial charge in [0, 0.05) is 6.07 Å². The van der Waals surface area contributed by atoms with Gasteiger partial charge in [-0.2, -0.15) is 0 Å². The summed E-state index contributed by atoms with van der Waals surface area (Å²) in [7, 11) is -3.60. The first kappa shape index (κ1) is 12.7. The Kier molecular flexibility index (Phi) is 3.69. The third-order valence-electron chi connectivity index (χ3n) is 1.82. The molecular formula is C9H12F2N2O2S. The van der Waals surface area contributed by atoms with E-state index in [1.165, 1.54) is 0 Å². The van der Waals surface area contributed by atoms with Crippen LogP contribution in [0, 0.1) is 11.6 Å². The van der Waals surface area contributed by atoms with E-state index in [1.54, 1.807) is 6.92 Å². The first-order valence-corrected chi connectivity index (χ1v) is 6.26. The highest BCUT2D eigenvalue weighted by molar-refractivity contribution is 7.92. The van der Waals surface area contributed by atoms with Crippen LogP contribution in [0.15, 0.2) is 12.1 Å². The maximum absolute atomic E-state index is 13.2. The lowest BCUT2D eigenvalue weighted by atomic mass is 10.2. The molecule has 0 aliphatic heterocycles. The molecule has 16 heavy (non-hydrogen) atoms. The van der Waals surface area contributed by atoms with E-state index >= 15 is 0 Å². The molecular weight excluding hydrogens is 238 g/mol. The molecule has 90 valence electrons. The fraction of sp³-hybridized carbons (Fsp3) is 0.333. The molecule has 1 aromatic carbocycles. The summed E-state index contributed by atoms with van der Waals surface area (Å²) in [5.41, 5.74) is 4.56. The molecule has 0 saturated carbocycles. The SMILES string of the molecule is CCCS(=O)(=O)Nc1cc(N)c(F)cc1F. The number of anilines is 2. The van der Waals surface area contributed by atoms with E-state index in [1.807, 2.05) is 4.72 Å². The van der Waals surface area contributed by atoms with Crippen LogP contribution in [0.2, 0.25) is 0 Å². The fourth-order valence-corrected chi connectivity index (χ4v) is 2.26. The van der Waals surface area contributed by atoms with Gasteiger partial charge >= 0.3 is 0 Å². The monoisotopic (exact) mass is 250 g/mol.